The molecule has 120 valence electrons. The Morgan fingerprint density at radius 2 is 2.04 bits per heavy atom. The van der Waals surface area contributed by atoms with Gasteiger partial charge in [-0.05, 0) is 46.6 Å². The molecule has 0 aliphatic rings. The van der Waals surface area contributed by atoms with Crippen LogP contribution in [0.1, 0.15) is 19.8 Å². The molecule has 0 fully saturated rings. The highest BCUT2D eigenvalue weighted by Crippen LogP contribution is 2.39. The summed E-state index contributed by atoms with van der Waals surface area (Å²) in [5.74, 6) is 2.25. The predicted molar refractivity (Wildman–Crippen MR) is 96.2 cm³/mol. The van der Waals surface area contributed by atoms with E-state index in [0.29, 0.717) is 12.4 Å². The van der Waals surface area contributed by atoms with Gasteiger partial charge in [-0.3, -0.25) is 0 Å². The average Bonchev–Trinajstić information content (AvgIpc) is 3.00. The fourth-order valence-corrected chi connectivity index (χ4v) is 2.96. The molecular formula is C18H19BrN2O2. The van der Waals surface area contributed by atoms with Crippen LogP contribution in [0.5, 0.6) is 11.5 Å². The minimum Gasteiger partial charge on any atom is -0.493 e. The van der Waals surface area contributed by atoms with E-state index < -0.39 is 0 Å². The van der Waals surface area contributed by atoms with Crippen molar-refractivity contribution in [3.63, 3.8) is 0 Å². The third-order valence-electron chi connectivity index (χ3n) is 3.64. The monoisotopic (exact) mass is 374 g/mol. The van der Waals surface area contributed by atoms with Crippen molar-refractivity contribution in [1.29, 1.82) is 0 Å². The van der Waals surface area contributed by atoms with Crippen LogP contribution in [0.4, 0.5) is 0 Å². The zero-order valence-electron chi connectivity index (χ0n) is 13.2. The Bertz CT molecular complexity index is 781. The van der Waals surface area contributed by atoms with Crippen LogP contribution in [0.2, 0.25) is 0 Å². The van der Waals surface area contributed by atoms with Crippen molar-refractivity contribution in [3.05, 3.63) is 40.9 Å². The lowest BCUT2D eigenvalue weighted by molar-refractivity contribution is 0.286. The van der Waals surface area contributed by atoms with Crippen LogP contribution in [-0.2, 0) is 0 Å². The molecule has 0 unspecified atom stereocenters. The van der Waals surface area contributed by atoms with E-state index in [4.69, 9.17) is 9.47 Å². The molecule has 2 aromatic carbocycles. The van der Waals surface area contributed by atoms with Gasteiger partial charge in [-0.15, -0.1) is 0 Å². The second-order valence-corrected chi connectivity index (χ2v) is 6.15. The fourth-order valence-electron chi connectivity index (χ4n) is 2.40. The second kappa shape index (κ2) is 7.04. The van der Waals surface area contributed by atoms with Crippen LogP contribution >= 0.6 is 15.9 Å². The number of fused-ring (bicyclic) bond motifs is 1. The molecule has 0 saturated heterocycles. The van der Waals surface area contributed by atoms with Gasteiger partial charge in [-0.2, -0.15) is 0 Å². The van der Waals surface area contributed by atoms with Gasteiger partial charge in [-0.1, -0.05) is 25.5 Å². The Morgan fingerprint density at radius 3 is 2.78 bits per heavy atom. The first kappa shape index (κ1) is 15.9. The number of unbranched alkanes of at least 4 members (excludes halogenated alkanes) is 1. The number of benzene rings is 2. The standard InChI is InChI=1S/C18H19BrN2O2/c1-3-4-9-23-17-13(19)10-12(11-16(17)22-2)18-20-14-7-5-6-8-15(14)21-18/h5-8,10-11H,3-4,9H2,1-2H3,(H,20,21). The number of nitrogens with one attached hydrogen (secondary N) is 1. The van der Waals surface area contributed by atoms with Crippen LogP contribution in [0, 0.1) is 0 Å². The van der Waals surface area contributed by atoms with Crippen molar-refractivity contribution >= 4 is 27.0 Å². The van der Waals surface area contributed by atoms with Gasteiger partial charge in [0.2, 0.25) is 0 Å². The van der Waals surface area contributed by atoms with Gasteiger partial charge in [0, 0.05) is 5.56 Å². The van der Waals surface area contributed by atoms with E-state index in [-0.39, 0.29) is 0 Å². The van der Waals surface area contributed by atoms with Gasteiger partial charge in [0.1, 0.15) is 5.82 Å². The lowest BCUT2D eigenvalue weighted by Gasteiger charge is -2.13. The first-order chi connectivity index (χ1) is 11.2. The van der Waals surface area contributed by atoms with E-state index >= 15 is 0 Å². The van der Waals surface area contributed by atoms with Gasteiger partial charge in [0.25, 0.3) is 0 Å². The lowest BCUT2D eigenvalue weighted by Crippen LogP contribution is -2.00. The van der Waals surface area contributed by atoms with E-state index in [9.17, 15) is 0 Å². The van der Waals surface area contributed by atoms with Gasteiger partial charge in [0.15, 0.2) is 11.5 Å². The number of ether oxygens (including phenoxy) is 2. The van der Waals surface area contributed by atoms with E-state index in [0.717, 1.165) is 45.5 Å². The maximum atomic E-state index is 5.85. The van der Waals surface area contributed by atoms with Crippen molar-refractivity contribution in [1.82, 2.24) is 9.97 Å². The zero-order valence-corrected chi connectivity index (χ0v) is 14.8. The molecule has 1 aromatic heterocycles. The van der Waals surface area contributed by atoms with Gasteiger partial charge in [0.05, 0.1) is 29.2 Å². The number of hydrogen-bond acceptors (Lipinski definition) is 3. The number of nitrogens with zero attached hydrogens (tertiary/aromatic N) is 1. The minimum atomic E-state index is 0.676. The largest absolute Gasteiger partial charge is 0.493 e. The number of hydrogen-bond donors (Lipinski definition) is 1. The Kier molecular flexibility index (Phi) is 4.86. The van der Waals surface area contributed by atoms with E-state index in [1.165, 1.54) is 0 Å². The number of imidazole rings is 1. The van der Waals surface area contributed by atoms with Crippen LogP contribution in [-0.4, -0.2) is 23.7 Å². The maximum absolute atomic E-state index is 5.85. The molecule has 3 aromatic rings. The first-order valence-electron chi connectivity index (χ1n) is 7.68. The Labute approximate surface area is 144 Å². The Morgan fingerprint density at radius 1 is 1.22 bits per heavy atom. The van der Waals surface area contributed by atoms with Crippen LogP contribution in [0.15, 0.2) is 40.9 Å². The number of methoxy groups -OCH3 is 1. The maximum Gasteiger partial charge on any atom is 0.175 e. The van der Waals surface area contributed by atoms with Crippen LogP contribution in [0.3, 0.4) is 0 Å². The topological polar surface area (TPSA) is 47.1 Å². The summed E-state index contributed by atoms with van der Waals surface area (Å²) in [4.78, 5) is 7.97. The highest BCUT2D eigenvalue weighted by Gasteiger charge is 2.14. The molecule has 5 heteroatoms. The Balaban J connectivity index is 1.98. The van der Waals surface area contributed by atoms with Gasteiger partial charge >= 0.3 is 0 Å². The van der Waals surface area contributed by atoms with Crippen molar-refractivity contribution in [3.8, 4) is 22.9 Å². The SMILES string of the molecule is CCCCOc1c(Br)cc(-c2nc3ccccc3[nH]2)cc1OC. The molecule has 23 heavy (non-hydrogen) atoms. The highest BCUT2D eigenvalue weighted by molar-refractivity contribution is 9.10. The number of H-pyrrole nitrogens is 1. The molecule has 4 nitrogen and oxygen atoms in total. The minimum absolute atomic E-state index is 0.676. The lowest BCUT2D eigenvalue weighted by atomic mass is 10.2. The molecule has 0 saturated carbocycles. The molecule has 0 amide bonds. The summed E-state index contributed by atoms with van der Waals surface area (Å²) in [6.45, 7) is 2.82. The van der Waals surface area contributed by atoms with E-state index in [1.807, 2.05) is 36.4 Å². The Hall–Kier alpha value is -2.01. The molecule has 0 aliphatic heterocycles. The quantitative estimate of drug-likeness (QED) is 0.604. The molecule has 0 aliphatic carbocycles. The third kappa shape index (κ3) is 3.34. The van der Waals surface area contributed by atoms with Crippen molar-refractivity contribution < 1.29 is 9.47 Å². The summed E-state index contributed by atoms with van der Waals surface area (Å²) in [5.41, 5.74) is 2.91. The number of rotatable bonds is 6. The van der Waals surface area contributed by atoms with Gasteiger partial charge in [-0.25, -0.2) is 4.98 Å². The predicted octanol–water partition coefficient (Wildman–Crippen LogP) is 5.18. The molecule has 0 bridgehead atoms. The molecule has 1 heterocycles. The molecule has 0 atom stereocenters. The molecule has 1 N–H and O–H groups in total. The molecular weight excluding hydrogens is 356 g/mol. The first-order valence-corrected chi connectivity index (χ1v) is 8.47. The number of halogens is 1. The summed E-state index contributed by atoms with van der Waals surface area (Å²) in [6, 6.07) is 11.9. The normalized spacial score (nSPS) is 10.9. The summed E-state index contributed by atoms with van der Waals surface area (Å²) in [6.07, 6.45) is 2.11. The van der Waals surface area contributed by atoms with Crippen LogP contribution < -0.4 is 9.47 Å². The van der Waals surface area contributed by atoms with Crippen LogP contribution in [0.25, 0.3) is 22.4 Å². The summed E-state index contributed by atoms with van der Waals surface area (Å²) in [5, 5.41) is 0. The van der Waals surface area contributed by atoms with Crippen molar-refractivity contribution in [2.75, 3.05) is 13.7 Å². The smallest absolute Gasteiger partial charge is 0.175 e. The summed E-state index contributed by atoms with van der Waals surface area (Å²) >= 11 is 3.59. The number of aromatic nitrogens is 2. The molecule has 0 radical (unpaired) electrons. The van der Waals surface area contributed by atoms with E-state index in [1.54, 1.807) is 7.11 Å². The highest BCUT2D eigenvalue weighted by atomic mass is 79.9. The van der Waals surface area contributed by atoms with Crippen molar-refractivity contribution in [2.45, 2.75) is 19.8 Å². The molecule has 0 spiro atoms. The van der Waals surface area contributed by atoms with Crippen molar-refractivity contribution in [2.24, 2.45) is 0 Å². The number of para-hydroxylation sites is 2. The fraction of sp³-hybridized carbons (Fsp3) is 0.278. The average molecular weight is 375 g/mol. The second-order valence-electron chi connectivity index (χ2n) is 5.29. The zero-order chi connectivity index (χ0) is 16.2. The van der Waals surface area contributed by atoms with Gasteiger partial charge < -0.3 is 14.5 Å². The number of aromatic amines is 1. The summed E-state index contributed by atoms with van der Waals surface area (Å²) < 4.78 is 12.2. The van der Waals surface area contributed by atoms with E-state index in [2.05, 4.69) is 32.8 Å². The molecule has 3 rings (SSSR count). The third-order valence-corrected chi connectivity index (χ3v) is 4.23. The summed E-state index contributed by atoms with van der Waals surface area (Å²) in [7, 11) is 1.65.